The summed E-state index contributed by atoms with van der Waals surface area (Å²) in [5.41, 5.74) is 15.3. The normalized spacial score (nSPS) is 26.7. The van der Waals surface area contributed by atoms with E-state index in [1.807, 2.05) is 19.1 Å². The Balaban J connectivity index is 2.36. The molecular weight excluding hydrogens is 174 g/mol. The Labute approximate surface area is 84.5 Å². The molecule has 2 atom stereocenters. The van der Waals surface area contributed by atoms with Crippen molar-refractivity contribution >= 4 is 5.69 Å². The van der Waals surface area contributed by atoms with Gasteiger partial charge in [-0.2, -0.15) is 0 Å². The molecule has 3 heteroatoms. The van der Waals surface area contributed by atoms with Crippen molar-refractivity contribution in [3.05, 3.63) is 29.3 Å². The zero-order valence-electron chi connectivity index (χ0n) is 8.46. The molecule has 76 valence electrons. The minimum atomic E-state index is 0.194. The van der Waals surface area contributed by atoms with Crippen molar-refractivity contribution in [3.63, 3.8) is 0 Å². The number of benzene rings is 1. The molecule has 1 aliphatic heterocycles. The Morgan fingerprint density at radius 3 is 2.79 bits per heavy atom. The van der Waals surface area contributed by atoms with Gasteiger partial charge in [-0.1, -0.05) is 18.2 Å². The van der Waals surface area contributed by atoms with Crippen LogP contribution in [0.4, 0.5) is 5.69 Å². The van der Waals surface area contributed by atoms with E-state index in [1.165, 1.54) is 5.56 Å². The van der Waals surface area contributed by atoms with E-state index < -0.39 is 0 Å². The van der Waals surface area contributed by atoms with Crippen LogP contribution < -0.4 is 16.8 Å². The molecule has 1 aromatic carbocycles. The molecule has 0 radical (unpaired) electrons. The third-order valence-corrected chi connectivity index (χ3v) is 3.02. The predicted octanol–water partition coefficient (Wildman–Crippen LogP) is 0.591. The number of hydrogen-bond donors (Lipinski definition) is 3. The second kappa shape index (κ2) is 3.59. The van der Waals surface area contributed by atoms with Crippen molar-refractivity contribution in [3.8, 4) is 0 Å². The fourth-order valence-corrected chi connectivity index (χ4v) is 2.07. The lowest BCUT2D eigenvalue weighted by molar-refractivity contribution is 0.655. The Morgan fingerprint density at radius 2 is 2.14 bits per heavy atom. The molecule has 1 heterocycles. The largest absolute Gasteiger partial charge is 0.398 e. The second-order valence-corrected chi connectivity index (χ2v) is 4.01. The van der Waals surface area contributed by atoms with Crippen LogP contribution in [0.5, 0.6) is 0 Å². The van der Waals surface area contributed by atoms with Gasteiger partial charge in [0, 0.05) is 30.7 Å². The molecule has 0 amide bonds. The van der Waals surface area contributed by atoms with Gasteiger partial charge in [-0.05, 0) is 18.1 Å². The summed E-state index contributed by atoms with van der Waals surface area (Å²) in [6.45, 7) is 3.86. The molecule has 5 N–H and O–H groups in total. The smallest absolute Gasteiger partial charge is 0.0380 e. The highest BCUT2D eigenvalue weighted by Crippen LogP contribution is 2.28. The van der Waals surface area contributed by atoms with Gasteiger partial charge >= 0.3 is 0 Å². The van der Waals surface area contributed by atoms with Crippen molar-refractivity contribution in [1.29, 1.82) is 0 Å². The second-order valence-electron chi connectivity index (χ2n) is 4.01. The molecular formula is C11H17N3. The van der Waals surface area contributed by atoms with Gasteiger partial charge in [-0.3, -0.25) is 0 Å². The van der Waals surface area contributed by atoms with Gasteiger partial charge in [-0.25, -0.2) is 0 Å². The van der Waals surface area contributed by atoms with E-state index in [1.54, 1.807) is 0 Å². The third-order valence-electron chi connectivity index (χ3n) is 3.02. The molecule has 0 aromatic heterocycles. The summed E-state index contributed by atoms with van der Waals surface area (Å²) in [6, 6.07) is 6.36. The number of hydrogen-bond acceptors (Lipinski definition) is 3. The minimum absolute atomic E-state index is 0.194. The minimum Gasteiger partial charge on any atom is -0.398 e. The molecule has 14 heavy (non-hydrogen) atoms. The van der Waals surface area contributed by atoms with Crippen molar-refractivity contribution in [1.82, 2.24) is 5.32 Å². The molecule has 0 bridgehead atoms. The van der Waals surface area contributed by atoms with Gasteiger partial charge in [0.1, 0.15) is 0 Å². The van der Waals surface area contributed by atoms with Crippen molar-refractivity contribution in [2.45, 2.75) is 18.9 Å². The Bertz CT molecular complexity index is 335. The van der Waals surface area contributed by atoms with Crippen molar-refractivity contribution < 1.29 is 0 Å². The van der Waals surface area contributed by atoms with Crippen LogP contribution in [0.15, 0.2) is 18.2 Å². The van der Waals surface area contributed by atoms with E-state index in [0.717, 1.165) is 24.3 Å². The molecule has 3 nitrogen and oxygen atoms in total. The average molecular weight is 191 g/mol. The Kier molecular flexibility index (Phi) is 2.44. The van der Waals surface area contributed by atoms with Crippen LogP contribution in [-0.2, 0) is 0 Å². The maximum Gasteiger partial charge on any atom is 0.0380 e. The van der Waals surface area contributed by atoms with E-state index in [9.17, 15) is 0 Å². The molecule has 1 aromatic rings. The molecule has 2 rings (SSSR count). The number of nitrogens with two attached hydrogens (primary N) is 2. The first-order chi connectivity index (χ1) is 6.70. The van der Waals surface area contributed by atoms with E-state index in [0.29, 0.717) is 5.92 Å². The zero-order chi connectivity index (χ0) is 10.1. The molecule has 1 aliphatic rings. The fourth-order valence-electron chi connectivity index (χ4n) is 2.07. The maximum absolute atomic E-state index is 6.04. The summed E-state index contributed by atoms with van der Waals surface area (Å²) in [5.74, 6) is 0.370. The Morgan fingerprint density at radius 1 is 1.36 bits per heavy atom. The number of nitrogen functional groups attached to an aromatic ring is 1. The van der Waals surface area contributed by atoms with Crippen LogP contribution in [0.25, 0.3) is 0 Å². The summed E-state index contributed by atoms with van der Waals surface area (Å²) in [4.78, 5) is 0. The summed E-state index contributed by atoms with van der Waals surface area (Å²) >= 11 is 0. The quantitative estimate of drug-likeness (QED) is 0.569. The fraction of sp³-hybridized carbons (Fsp3) is 0.455. The van der Waals surface area contributed by atoms with E-state index in [2.05, 4.69) is 11.4 Å². The van der Waals surface area contributed by atoms with Crippen molar-refractivity contribution in [2.24, 2.45) is 5.73 Å². The van der Waals surface area contributed by atoms with Crippen molar-refractivity contribution in [2.75, 3.05) is 18.8 Å². The van der Waals surface area contributed by atoms with Crippen LogP contribution >= 0.6 is 0 Å². The lowest BCUT2D eigenvalue weighted by Crippen LogP contribution is -2.28. The topological polar surface area (TPSA) is 64.1 Å². The lowest BCUT2D eigenvalue weighted by Gasteiger charge is -2.17. The van der Waals surface area contributed by atoms with Crippen LogP contribution in [0.3, 0.4) is 0 Å². The molecule has 1 saturated heterocycles. The molecule has 0 saturated carbocycles. The first-order valence-electron chi connectivity index (χ1n) is 5.01. The third kappa shape index (κ3) is 1.49. The number of anilines is 1. The highest BCUT2D eigenvalue weighted by atomic mass is 15.0. The Hall–Kier alpha value is -1.06. The molecule has 0 spiro atoms. The first kappa shape index (κ1) is 9.49. The summed E-state index contributed by atoms with van der Waals surface area (Å²) in [7, 11) is 0. The summed E-state index contributed by atoms with van der Waals surface area (Å²) in [6.07, 6.45) is 0. The number of rotatable bonds is 1. The van der Waals surface area contributed by atoms with E-state index >= 15 is 0 Å². The zero-order valence-corrected chi connectivity index (χ0v) is 8.46. The maximum atomic E-state index is 6.04. The SMILES string of the molecule is Cc1cccc(C2CNCC2N)c1N. The van der Waals surface area contributed by atoms with Crippen LogP contribution in [0.1, 0.15) is 17.0 Å². The van der Waals surface area contributed by atoms with E-state index in [4.69, 9.17) is 11.5 Å². The molecule has 2 unspecified atom stereocenters. The molecule has 0 aliphatic carbocycles. The first-order valence-corrected chi connectivity index (χ1v) is 5.01. The van der Waals surface area contributed by atoms with Gasteiger partial charge < -0.3 is 16.8 Å². The number of para-hydroxylation sites is 1. The van der Waals surface area contributed by atoms with Gasteiger partial charge in [0.15, 0.2) is 0 Å². The average Bonchev–Trinajstić information content (AvgIpc) is 2.57. The summed E-state index contributed by atoms with van der Waals surface area (Å²) in [5, 5.41) is 3.29. The van der Waals surface area contributed by atoms with Gasteiger partial charge in [-0.15, -0.1) is 0 Å². The van der Waals surface area contributed by atoms with E-state index in [-0.39, 0.29) is 6.04 Å². The highest BCUT2D eigenvalue weighted by molar-refractivity contribution is 5.55. The summed E-state index contributed by atoms with van der Waals surface area (Å²) < 4.78 is 0. The number of nitrogens with one attached hydrogen (secondary N) is 1. The van der Waals surface area contributed by atoms with Crippen LogP contribution in [0, 0.1) is 6.92 Å². The van der Waals surface area contributed by atoms with Gasteiger partial charge in [0.05, 0.1) is 0 Å². The lowest BCUT2D eigenvalue weighted by atomic mass is 9.92. The molecule has 1 fully saturated rings. The van der Waals surface area contributed by atoms with Crippen LogP contribution in [0.2, 0.25) is 0 Å². The van der Waals surface area contributed by atoms with Crippen LogP contribution in [-0.4, -0.2) is 19.1 Å². The standard InChI is InChI=1S/C11H17N3/c1-7-3-2-4-8(11(7)13)9-5-14-6-10(9)12/h2-4,9-10,14H,5-6,12-13H2,1H3. The monoisotopic (exact) mass is 191 g/mol. The highest BCUT2D eigenvalue weighted by Gasteiger charge is 2.26. The number of aryl methyl sites for hydroxylation is 1. The van der Waals surface area contributed by atoms with Gasteiger partial charge in [0.2, 0.25) is 0 Å². The van der Waals surface area contributed by atoms with Gasteiger partial charge in [0.25, 0.3) is 0 Å². The predicted molar refractivity (Wildman–Crippen MR) is 59.2 cm³/mol.